The van der Waals surface area contributed by atoms with Crippen molar-refractivity contribution >= 4 is 5.97 Å². The lowest BCUT2D eigenvalue weighted by Gasteiger charge is -2.11. The number of ether oxygens (including phenoxy) is 2. The van der Waals surface area contributed by atoms with Crippen LogP contribution in [0.25, 0.3) is 0 Å². The van der Waals surface area contributed by atoms with Crippen molar-refractivity contribution in [1.82, 2.24) is 0 Å². The summed E-state index contributed by atoms with van der Waals surface area (Å²) in [7, 11) is 0. The van der Waals surface area contributed by atoms with Gasteiger partial charge in [-0.05, 0) is 43.3 Å². The molecule has 6 heteroatoms. The Morgan fingerprint density at radius 3 is 2.27 bits per heavy atom. The highest BCUT2D eigenvalue weighted by atomic mass is 19.4. The zero-order valence-electron chi connectivity index (χ0n) is 11.7. The van der Waals surface area contributed by atoms with E-state index >= 15 is 0 Å². The van der Waals surface area contributed by atoms with Crippen LogP contribution in [0.15, 0.2) is 48.5 Å². The lowest BCUT2D eigenvalue weighted by Crippen LogP contribution is -2.06. The van der Waals surface area contributed by atoms with Gasteiger partial charge in [0.25, 0.3) is 0 Å². The molecule has 0 aromatic heterocycles. The van der Waals surface area contributed by atoms with Crippen LogP contribution in [0.4, 0.5) is 13.2 Å². The number of para-hydroxylation sites is 1. The molecule has 116 valence electrons. The lowest BCUT2D eigenvalue weighted by atomic mass is 10.2. The first kappa shape index (κ1) is 15.9. The number of hydrogen-bond donors (Lipinski definition) is 0. The molecule has 2 aromatic rings. The van der Waals surface area contributed by atoms with E-state index in [1.165, 1.54) is 18.2 Å². The predicted molar refractivity (Wildman–Crippen MR) is 73.9 cm³/mol. The van der Waals surface area contributed by atoms with E-state index < -0.39 is 17.7 Å². The van der Waals surface area contributed by atoms with E-state index in [2.05, 4.69) is 0 Å². The Kier molecular flexibility index (Phi) is 4.70. The Labute approximate surface area is 125 Å². The molecule has 0 saturated carbocycles. The standard InChI is InChI=1S/C16H13F3O3/c1-2-21-15(20)13-5-3-4-6-14(13)22-12-9-7-11(8-10-12)16(17,18)19/h3-10H,2H2,1H3. The minimum absolute atomic E-state index is 0.199. The van der Waals surface area contributed by atoms with E-state index in [0.29, 0.717) is 0 Å². The summed E-state index contributed by atoms with van der Waals surface area (Å²) in [5.41, 5.74) is -0.553. The third kappa shape index (κ3) is 3.78. The molecule has 2 rings (SSSR count). The average Bonchev–Trinajstić information content (AvgIpc) is 2.47. The molecule has 2 aromatic carbocycles. The highest BCUT2D eigenvalue weighted by molar-refractivity contribution is 5.92. The van der Waals surface area contributed by atoms with Crippen LogP contribution in [0.1, 0.15) is 22.8 Å². The second kappa shape index (κ2) is 6.51. The number of carbonyl (C=O) groups excluding carboxylic acids is 1. The van der Waals surface area contributed by atoms with Crippen molar-refractivity contribution in [3.8, 4) is 11.5 Å². The summed E-state index contributed by atoms with van der Waals surface area (Å²) in [6.45, 7) is 1.89. The van der Waals surface area contributed by atoms with Crippen LogP contribution in [0, 0.1) is 0 Å². The first-order valence-electron chi connectivity index (χ1n) is 6.53. The SMILES string of the molecule is CCOC(=O)c1ccccc1Oc1ccc(C(F)(F)F)cc1. The maximum atomic E-state index is 12.5. The molecule has 0 heterocycles. The van der Waals surface area contributed by atoms with Crippen LogP contribution in [0.2, 0.25) is 0 Å². The molecule has 0 spiro atoms. The molecule has 0 bridgehead atoms. The summed E-state index contributed by atoms with van der Waals surface area (Å²) < 4.78 is 47.9. The second-order valence-electron chi connectivity index (χ2n) is 4.34. The van der Waals surface area contributed by atoms with E-state index in [1.807, 2.05) is 0 Å². The molecule has 0 radical (unpaired) electrons. The molecule has 22 heavy (non-hydrogen) atoms. The molecule has 0 unspecified atom stereocenters. The van der Waals surface area contributed by atoms with Gasteiger partial charge < -0.3 is 9.47 Å². The Balaban J connectivity index is 2.22. The first-order chi connectivity index (χ1) is 10.4. The molecular weight excluding hydrogens is 297 g/mol. The van der Waals surface area contributed by atoms with E-state index in [4.69, 9.17) is 9.47 Å². The van der Waals surface area contributed by atoms with Gasteiger partial charge in [0, 0.05) is 0 Å². The first-order valence-corrected chi connectivity index (χ1v) is 6.53. The maximum Gasteiger partial charge on any atom is 0.416 e. The Morgan fingerprint density at radius 2 is 1.68 bits per heavy atom. The van der Waals surface area contributed by atoms with Crippen LogP contribution in [0.5, 0.6) is 11.5 Å². The third-order valence-electron chi connectivity index (χ3n) is 2.79. The molecule has 0 aliphatic carbocycles. The fourth-order valence-electron chi connectivity index (χ4n) is 1.77. The van der Waals surface area contributed by atoms with Gasteiger partial charge in [0.1, 0.15) is 17.1 Å². The number of halogens is 3. The summed E-state index contributed by atoms with van der Waals surface area (Å²) in [6, 6.07) is 10.6. The van der Waals surface area contributed by atoms with Crippen LogP contribution in [-0.4, -0.2) is 12.6 Å². The van der Waals surface area contributed by atoms with E-state index in [0.717, 1.165) is 12.1 Å². The molecule has 0 aliphatic rings. The van der Waals surface area contributed by atoms with Gasteiger partial charge in [-0.25, -0.2) is 4.79 Å². The van der Waals surface area contributed by atoms with Crippen molar-refractivity contribution in [3.05, 3.63) is 59.7 Å². The van der Waals surface area contributed by atoms with Crippen molar-refractivity contribution in [3.63, 3.8) is 0 Å². The van der Waals surface area contributed by atoms with Crippen molar-refractivity contribution in [1.29, 1.82) is 0 Å². The smallest absolute Gasteiger partial charge is 0.416 e. The molecule has 3 nitrogen and oxygen atoms in total. The summed E-state index contributed by atoms with van der Waals surface area (Å²) >= 11 is 0. The Morgan fingerprint density at radius 1 is 1.05 bits per heavy atom. The minimum Gasteiger partial charge on any atom is -0.462 e. The van der Waals surface area contributed by atoms with Gasteiger partial charge >= 0.3 is 12.1 Å². The molecule has 0 atom stereocenters. The summed E-state index contributed by atoms with van der Waals surface area (Å²) in [4.78, 5) is 11.8. The average molecular weight is 310 g/mol. The number of rotatable bonds is 4. The molecule has 0 amide bonds. The molecule has 0 N–H and O–H groups in total. The van der Waals surface area contributed by atoms with Gasteiger partial charge in [0.2, 0.25) is 0 Å². The zero-order valence-corrected chi connectivity index (χ0v) is 11.7. The molecule has 0 saturated heterocycles. The monoisotopic (exact) mass is 310 g/mol. The van der Waals surface area contributed by atoms with Crippen LogP contribution in [0.3, 0.4) is 0 Å². The fraction of sp³-hybridized carbons (Fsp3) is 0.188. The number of carbonyl (C=O) groups is 1. The molecule has 0 aliphatic heterocycles. The largest absolute Gasteiger partial charge is 0.462 e. The second-order valence-corrected chi connectivity index (χ2v) is 4.34. The van der Waals surface area contributed by atoms with Gasteiger partial charge in [-0.3, -0.25) is 0 Å². The quantitative estimate of drug-likeness (QED) is 0.770. The minimum atomic E-state index is -4.40. The number of hydrogen-bond acceptors (Lipinski definition) is 3. The zero-order chi connectivity index (χ0) is 16.2. The Bertz CT molecular complexity index is 648. The number of esters is 1. The fourth-order valence-corrected chi connectivity index (χ4v) is 1.77. The van der Waals surface area contributed by atoms with E-state index in [-0.39, 0.29) is 23.7 Å². The van der Waals surface area contributed by atoms with Crippen molar-refractivity contribution < 1.29 is 27.4 Å². The number of alkyl halides is 3. The summed E-state index contributed by atoms with van der Waals surface area (Å²) in [6.07, 6.45) is -4.40. The highest BCUT2D eigenvalue weighted by Crippen LogP contribution is 2.32. The lowest BCUT2D eigenvalue weighted by molar-refractivity contribution is -0.137. The maximum absolute atomic E-state index is 12.5. The number of benzene rings is 2. The van der Waals surface area contributed by atoms with Crippen LogP contribution in [-0.2, 0) is 10.9 Å². The highest BCUT2D eigenvalue weighted by Gasteiger charge is 2.30. The summed E-state index contributed by atoms with van der Waals surface area (Å²) in [5.74, 6) is -0.129. The van der Waals surface area contributed by atoms with Gasteiger partial charge in [-0.15, -0.1) is 0 Å². The molecular formula is C16H13F3O3. The van der Waals surface area contributed by atoms with Gasteiger partial charge in [0.05, 0.1) is 12.2 Å². The van der Waals surface area contributed by atoms with Crippen LogP contribution < -0.4 is 4.74 Å². The topological polar surface area (TPSA) is 35.5 Å². The van der Waals surface area contributed by atoms with Crippen molar-refractivity contribution in [2.75, 3.05) is 6.61 Å². The Hall–Kier alpha value is -2.50. The predicted octanol–water partition coefficient (Wildman–Crippen LogP) is 4.67. The third-order valence-corrected chi connectivity index (χ3v) is 2.79. The van der Waals surface area contributed by atoms with E-state index in [1.54, 1.807) is 25.1 Å². The normalized spacial score (nSPS) is 11.1. The van der Waals surface area contributed by atoms with E-state index in [9.17, 15) is 18.0 Å². The van der Waals surface area contributed by atoms with Crippen molar-refractivity contribution in [2.24, 2.45) is 0 Å². The van der Waals surface area contributed by atoms with Crippen molar-refractivity contribution in [2.45, 2.75) is 13.1 Å². The summed E-state index contributed by atoms with van der Waals surface area (Å²) in [5, 5.41) is 0. The van der Waals surface area contributed by atoms with Gasteiger partial charge in [0.15, 0.2) is 0 Å². The van der Waals surface area contributed by atoms with Gasteiger partial charge in [-0.1, -0.05) is 12.1 Å². The van der Waals surface area contributed by atoms with Gasteiger partial charge in [-0.2, -0.15) is 13.2 Å². The van der Waals surface area contributed by atoms with Crippen LogP contribution >= 0.6 is 0 Å². The molecule has 0 fully saturated rings.